The van der Waals surface area contributed by atoms with Crippen LogP contribution in [0.15, 0.2) is 58.3 Å². The van der Waals surface area contributed by atoms with Crippen LogP contribution in [0.5, 0.6) is 0 Å². The Balaban J connectivity index is 1.74. The molecule has 2 aliphatic carbocycles. The third kappa shape index (κ3) is 1.85. The van der Waals surface area contributed by atoms with Gasteiger partial charge in [0.15, 0.2) is 0 Å². The molecule has 0 atom stereocenters. The molecule has 4 rings (SSSR count). The standard InChI is InChI=1S/C18H14S/c1-5-13-7-3-11-17(15(13)9-1)19-18-12-4-8-14-6-2-10-16(14)18/h1-8,11-12H,9-10H2. The van der Waals surface area contributed by atoms with Crippen molar-refractivity contribution in [2.45, 2.75) is 22.6 Å². The van der Waals surface area contributed by atoms with Crippen LogP contribution >= 0.6 is 11.8 Å². The van der Waals surface area contributed by atoms with Crippen molar-refractivity contribution in [2.24, 2.45) is 0 Å². The van der Waals surface area contributed by atoms with Gasteiger partial charge in [-0.05, 0) is 47.2 Å². The number of allylic oxidation sites excluding steroid dienone is 2. The zero-order valence-electron chi connectivity index (χ0n) is 10.6. The van der Waals surface area contributed by atoms with Crippen molar-refractivity contribution in [1.29, 1.82) is 0 Å². The summed E-state index contributed by atoms with van der Waals surface area (Å²) in [5, 5.41) is 0. The van der Waals surface area contributed by atoms with Crippen LogP contribution in [0.2, 0.25) is 0 Å². The molecule has 0 aromatic heterocycles. The molecule has 0 amide bonds. The van der Waals surface area contributed by atoms with Crippen LogP contribution in [0.3, 0.4) is 0 Å². The highest BCUT2D eigenvalue weighted by atomic mass is 32.2. The highest BCUT2D eigenvalue weighted by molar-refractivity contribution is 7.99. The summed E-state index contributed by atoms with van der Waals surface area (Å²) in [6.45, 7) is 0. The molecule has 0 bridgehead atoms. The van der Waals surface area contributed by atoms with Crippen LogP contribution in [0.25, 0.3) is 12.2 Å². The van der Waals surface area contributed by atoms with Gasteiger partial charge in [0.2, 0.25) is 0 Å². The van der Waals surface area contributed by atoms with Gasteiger partial charge < -0.3 is 0 Å². The second kappa shape index (κ2) is 4.43. The van der Waals surface area contributed by atoms with Crippen molar-refractivity contribution in [3.63, 3.8) is 0 Å². The fourth-order valence-electron chi connectivity index (χ4n) is 2.83. The molecule has 0 unspecified atom stereocenters. The lowest BCUT2D eigenvalue weighted by molar-refractivity contribution is 1.17. The third-order valence-electron chi connectivity index (χ3n) is 3.80. The largest absolute Gasteiger partial charge is 0.0895 e. The molecule has 0 saturated carbocycles. The normalized spacial score (nSPS) is 14.7. The van der Waals surface area contributed by atoms with E-state index in [0.717, 1.165) is 12.8 Å². The summed E-state index contributed by atoms with van der Waals surface area (Å²) in [6, 6.07) is 13.2. The Morgan fingerprint density at radius 3 is 1.74 bits per heavy atom. The van der Waals surface area contributed by atoms with Gasteiger partial charge in [-0.3, -0.25) is 0 Å². The first-order chi connectivity index (χ1) is 9.42. The monoisotopic (exact) mass is 262 g/mol. The first kappa shape index (κ1) is 11.1. The van der Waals surface area contributed by atoms with E-state index >= 15 is 0 Å². The average Bonchev–Trinajstić information content (AvgIpc) is 3.08. The molecular formula is C18H14S. The van der Waals surface area contributed by atoms with E-state index in [9.17, 15) is 0 Å². The van der Waals surface area contributed by atoms with Crippen molar-refractivity contribution >= 4 is 23.9 Å². The van der Waals surface area contributed by atoms with Gasteiger partial charge >= 0.3 is 0 Å². The lowest BCUT2D eigenvalue weighted by atomic mass is 10.1. The van der Waals surface area contributed by atoms with Crippen molar-refractivity contribution < 1.29 is 0 Å². The molecule has 2 aliphatic rings. The topological polar surface area (TPSA) is 0 Å². The zero-order valence-corrected chi connectivity index (χ0v) is 11.4. The molecule has 0 heterocycles. The Hall–Kier alpha value is -1.73. The molecule has 0 saturated heterocycles. The smallest absolute Gasteiger partial charge is 0.0163 e. The molecule has 0 fully saturated rings. The zero-order chi connectivity index (χ0) is 12.7. The van der Waals surface area contributed by atoms with Gasteiger partial charge in [-0.2, -0.15) is 0 Å². The second-order valence-electron chi connectivity index (χ2n) is 4.96. The molecule has 2 aromatic carbocycles. The number of benzene rings is 2. The maximum atomic E-state index is 2.26. The summed E-state index contributed by atoms with van der Waals surface area (Å²) in [5.41, 5.74) is 5.73. The summed E-state index contributed by atoms with van der Waals surface area (Å²) >= 11 is 1.92. The van der Waals surface area contributed by atoms with E-state index in [4.69, 9.17) is 0 Å². The van der Waals surface area contributed by atoms with Crippen LogP contribution < -0.4 is 0 Å². The Morgan fingerprint density at radius 1 is 0.684 bits per heavy atom. The SMILES string of the molecule is C1=Cc2cccc(Sc3cccc4c3CC=C4)c2C1. The Bertz CT molecular complexity index is 646. The van der Waals surface area contributed by atoms with Crippen LogP contribution in [0.1, 0.15) is 22.3 Å². The summed E-state index contributed by atoms with van der Waals surface area (Å²) in [4.78, 5) is 2.81. The summed E-state index contributed by atoms with van der Waals surface area (Å²) in [6.07, 6.45) is 11.1. The second-order valence-corrected chi connectivity index (χ2v) is 6.05. The Kier molecular flexibility index (Phi) is 2.59. The van der Waals surface area contributed by atoms with E-state index < -0.39 is 0 Å². The van der Waals surface area contributed by atoms with Crippen molar-refractivity contribution in [3.8, 4) is 0 Å². The third-order valence-corrected chi connectivity index (χ3v) is 5.00. The number of fused-ring (bicyclic) bond motifs is 2. The van der Waals surface area contributed by atoms with Gasteiger partial charge in [0.1, 0.15) is 0 Å². The van der Waals surface area contributed by atoms with Crippen LogP contribution in [-0.4, -0.2) is 0 Å². The fraction of sp³-hybridized carbons (Fsp3) is 0.111. The van der Waals surface area contributed by atoms with E-state index in [0.29, 0.717) is 0 Å². The number of hydrogen-bond donors (Lipinski definition) is 0. The van der Waals surface area contributed by atoms with Gasteiger partial charge in [-0.25, -0.2) is 0 Å². The first-order valence-corrected chi connectivity index (χ1v) is 7.48. The first-order valence-electron chi connectivity index (χ1n) is 6.66. The van der Waals surface area contributed by atoms with E-state index in [2.05, 4.69) is 60.7 Å². The van der Waals surface area contributed by atoms with Crippen molar-refractivity contribution in [1.82, 2.24) is 0 Å². The molecule has 2 aromatic rings. The Labute approximate surface area is 117 Å². The van der Waals surface area contributed by atoms with E-state index in [-0.39, 0.29) is 0 Å². The van der Waals surface area contributed by atoms with Gasteiger partial charge in [0.25, 0.3) is 0 Å². The maximum absolute atomic E-state index is 2.26. The quantitative estimate of drug-likeness (QED) is 0.735. The predicted molar refractivity (Wildman–Crippen MR) is 82.5 cm³/mol. The molecule has 92 valence electrons. The fourth-order valence-corrected chi connectivity index (χ4v) is 4.01. The van der Waals surface area contributed by atoms with Crippen LogP contribution in [-0.2, 0) is 12.8 Å². The summed E-state index contributed by atoms with van der Waals surface area (Å²) in [7, 11) is 0. The predicted octanol–water partition coefficient (Wildman–Crippen LogP) is 4.98. The minimum atomic E-state index is 1.08. The minimum Gasteiger partial charge on any atom is -0.0895 e. The highest BCUT2D eigenvalue weighted by Crippen LogP contribution is 2.38. The maximum Gasteiger partial charge on any atom is 0.0163 e. The van der Waals surface area contributed by atoms with Gasteiger partial charge in [-0.15, -0.1) is 0 Å². The molecule has 0 spiro atoms. The Morgan fingerprint density at radius 2 is 1.21 bits per heavy atom. The number of hydrogen-bond acceptors (Lipinski definition) is 1. The molecular weight excluding hydrogens is 248 g/mol. The highest BCUT2D eigenvalue weighted by Gasteiger charge is 2.14. The van der Waals surface area contributed by atoms with Crippen LogP contribution in [0.4, 0.5) is 0 Å². The minimum absolute atomic E-state index is 1.08. The molecule has 0 radical (unpaired) electrons. The lowest BCUT2D eigenvalue weighted by Gasteiger charge is -2.11. The number of rotatable bonds is 2. The molecule has 19 heavy (non-hydrogen) atoms. The molecule has 1 heteroatoms. The average molecular weight is 262 g/mol. The van der Waals surface area contributed by atoms with Gasteiger partial charge in [0, 0.05) is 9.79 Å². The molecule has 0 aliphatic heterocycles. The summed E-state index contributed by atoms with van der Waals surface area (Å²) in [5.74, 6) is 0. The summed E-state index contributed by atoms with van der Waals surface area (Å²) < 4.78 is 0. The van der Waals surface area contributed by atoms with Crippen molar-refractivity contribution in [3.05, 3.63) is 70.8 Å². The van der Waals surface area contributed by atoms with E-state index in [1.54, 1.807) is 0 Å². The van der Waals surface area contributed by atoms with E-state index in [1.807, 2.05) is 11.8 Å². The lowest BCUT2D eigenvalue weighted by Crippen LogP contribution is -1.89. The van der Waals surface area contributed by atoms with Crippen LogP contribution in [0, 0.1) is 0 Å². The van der Waals surface area contributed by atoms with Gasteiger partial charge in [-0.1, -0.05) is 60.3 Å². The van der Waals surface area contributed by atoms with Crippen molar-refractivity contribution in [2.75, 3.05) is 0 Å². The molecule has 0 nitrogen and oxygen atoms in total. The molecule has 0 N–H and O–H groups in total. The van der Waals surface area contributed by atoms with E-state index in [1.165, 1.54) is 32.0 Å². The van der Waals surface area contributed by atoms with Gasteiger partial charge in [0.05, 0.1) is 0 Å².